The maximum atomic E-state index is 15.4. The second-order valence-electron chi connectivity index (χ2n) is 7.02. The third-order valence-electron chi connectivity index (χ3n) is 4.08. The number of nitrogens with zero attached hydrogens (tertiary/aromatic N) is 1. The first-order valence-electron chi connectivity index (χ1n) is 7.57. The maximum Gasteiger partial charge on any atom is 0.338 e. The van der Waals surface area contributed by atoms with E-state index in [4.69, 9.17) is 5.11 Å². The Morgan fingerprint density at radius 1 is 1.30 bits per heavy atom. The number of carboxylic acids is 1. The summed E-state index contributed by atoms with van der Waals surface area (Å²) in [5.41, 5.74) is -3.57. The van der Waals surface area contributed by atoms with Crippen molar-refractivity contribution in [3.63, 3.8) is 0 Å². The number of hydrogen-bond donors (Lipinski definition) is 1. The van der Waals surface area contributed by atoms with E-state index < -0.39 is 28.4 Å². The summed E-state index contributed by atoms with van der Waals surface area (Å²) in [7, 11) is 0. The molecule has 1 aromatic rings. The SMILES string of the molecule is CC(C)(C)C(=O)N1CCCC(F)(c2cccc(C(=O)O)c2F)C1. The summed E-state index contributed by atoms with van der Waals surface area (Å²) in [6, 6.07) is 3.69. The maximum absolute atomic E-state index is 15.4. The summed E-state index contributed by atoms with van der Waals surface area (Å²) in [6.45, 7) is 5.39. The van der Waals surface area contributed by atoms with Crippen molar-refractivity contribution < 1.29 is 23.5 Å². The van der Waals surface area contributed by atoms with Crippen LogP contribution < -0.4 is 0 Å². The lowest BCUT2D eigenvalue weighted by molar-refractivity contribution is -0.144. The van der Waals surface area contributed by atoms with Crippen LogP contribution in [0.5, 0.6) is 0 Å². The van der Waals surface area contributed by atoms with Gasteiger partial charge in [-0.25, -0.2) is 13.6 Å². The van der Waals surface area contributed by atoms with Crippen LogP contribution in [0, 0.1) is 11.2 Å². The topological polar surface area (TPSA) is 57.6 Å². The van der Waals surface area contributed by atoms with Crippen LogP contribution in [-0.4, -0.2) is 35.0 Å². The largest absolute Gasteiger partial charge is 0.478 e. The summed E-state index contributed by atoms with van der Waals surface area (Å²) in [5.74, 6) is -2.70. The predicted octanol–water partition coefficient (Wildman–Crippen LogP) is 3.36. The van der Waals surface area contributed by atoms with Crippen molar-refractivity contribution in [1.82, 2.24) is 4.90 Å². The van der Waals surface area contributed by atoms with Crippen LogP contribution in [0.3, 0.4) is 0 Å². The van der Waals surface area contributed by atoms with Crippen molar-refractivity contribution in [3.8, 4) is 0 Å². The molecule has 126 valence electrons. The summed E-state index contributed by atoms with van der Waals surface area (Å²) >= 11 is 0. The van der Waals surface area contributed by atoms with Crippen molar-refractivity contribution in [1.29, 1.82) is 0 Å². The van der Waals surface area contributed by atoms with E-state index in [1.165, 1.54) is 17.0 Å². The second-order valence-corrected chi connectivity index (χ2v) is 7.02. The van der Waals surface area contributed by atoms with E-state index in [0.29, 0.717) is 13.0 Å². The minimum atomic E-state index is -2.07. The van der Waals surface area contributed by atoms with Crippen molar-refractivity contribution in [2.75, 3.05) is 13.1 Å². The molecule has 0 radical (unpaired) electrons. The normalized spacial score (nSPS) is 22.0. The number of carbonyl (C=O) groups excluding carboxylic acids is 1. The molecule has 0 aromatic heterocycles. The molecule has 1 saturated heterocycles. The lowest BCUT2D eigenvalue weighted by Crippen LogP contribution is -2.50. The Morgan fingerprint density at radius 3 is 2.52 bits per heavy atom. The zero-order chi connectivity index (χ0) is 17.4. The smallest absolute Gasteiger partial charge is 0.338 e. The first kappa shape index (κ1) is 17.4. The molecule has 6 heteroatoms. The van der Waals surface area contributed by atoms with Gasteiger partial charge in [0.2, 0.25) is 5.91 Å². The molecule has 4 nitrogen and oxygen atoms in total. The monoisotopic (exact) mass is 325 g/mol. The van der Waals surface area contributed by atoms with Crippen LogP contribution in [-0.2, 0) is 10.5 Å². The summed E-state index contributed by atoms with van der Waals surface area (Å²) in [5, 5.41) is 8.99. The van der Waals surface area contributed by atoms with Crippen LogP contribution in [0.2, 0.25) is 0 Å². The van der Waals surface area contributed by atoms with Crippen molar-refractivity contribution >= 4 is 11.9 Å². The lowest BCUT2D eigenvalue weighted by atomic mass is 9.84. The van der Waals surface area contributed by atoms with E-state index in [9.17, 15) is 14.0 Å². The number of carbonyl (C=O) groups is 2. The number of amides is 1. The van der Waals surface area contributed by atoms with Crippen LogP contribution >= 0.6 is 0 Å². The molecule has 23 heavy (non-hydrogen) atoms. The quantitative estimate of drug-likeness (QED) is 0.907. The van der Waals surface area contributed by atoms with E-state index in [1.807, 2.05) is 0 Å². The number of halogens is 2. The Kier molecular flexibility index (Phi) is 4.46. The molecule has 1 unspecified atom stereocenters. The summed E-state index contributed by atoms with van der Waals surface area (Å²) in [4.78, 5) is 24.8. The Morgan fingerprint density at radius 2 is 1.96 bits per heavy atom. The molecule has 0 saturated carbocycles. The third-order valence-corrected chi connectivity index (χ3v) is 4.08. The highest BCUT2D eigenvalue weighted by atomic mass is 19.1. The van der Waals surface area contributed by atoms with Gasteiger partial charge >= 0.3 is 5.97 Å². The van der Waals surface area contributed by atoms with Gasteiger partial charge in [0.25, 0.3) is 0 Å². The molecule has 0 bridgehead atoms. The fourth-order valence-corrected chi connectivity index (χ4v) is 2.92. The summed E-state index contributed by atoms with van der Waals surface area (Å²) in [6.07, 6.45) is 0.454. The highest BCUT2D eigenvalue weighted by Gasteiger charge is 2.43. The Hall–Kier alpha value is -1.98. The molecule has 1 aliphatic rings. The lowest BCUT2D eigenvalue weighted by Gasteiger charge is -2.40. The highest BCUT2D eigenvalue weighted by molar-refractivity contribution is 5.88. The standard InChI is InChI=1S/C17H21F2NO3/c1-16(2,3)15(23)20-9-5-8-17(19,10-20)12-7-4-6-11(13(12)18)14(21)22/h4,6-7H,5,8-10H2,1-3H3,(H,21,22). The predicted molar refractivity (Wildman–Crippen MR) is 81.4 cm³/mol. The molecule has 2 rings (SSSR count). The minimum Gasteiger partial charge on any atom is -0.478 e. The Bertz CT molecular complexity index is 639. The second kappa shape index (κ2) is 5.91. The number of carboxylic acid groups (broad SMARTS) is 1. The number of benzene rings is 1. The Labute approximate surface area is 134 Å². The van der Waals surface area contributed by atoms with E-state index in [1.54, 1.807) is 20.8 Å². The number of likely N-dealkylation sites (tertiary alicyclic amines) is 1. The third kappa shape index (κ3) is 3.35. The van der Waals surface area contributed by atoms with Gasteiger partial charge in [-0.3, -0.25) is 4.79 Å². The van der Waals surface area contributed by atoms with Crippen molar-refractivity contribution in [2.45, 2.75) is 39.3 Å². The number of aromatic carboxylic acids is 1. The molecular formula is C17H21F2NO3. The van der Waals surface area contributed by atoms with Gasteiger partial charge < -0.3 is 10.0 Å². The molecule has 1 aromatic carbocycles. The molecule has 1 atom stereocenters. The highest BCUT2D eigenvalue weighted by Crippen LogP contribution is 2.38. The molecule has 1 heterocycles. The van der Waals surface area contributed by atoms with Gasteiger partial charge in [-0.05, 0) is 18.9 Å². The average Bonchev–Trinajstić information content (AvgIpc) is 2.45. The van der Waals surface area contributed by atoms with Gasteiger partial charge in [0.15, 0.2) is 5.67 Å². The van der Waals surface area contributed by atoms with Gasteiger partial charge in [-0.2, -0.15) is 0 Å². The molecule has 1 amide bonds. The van der Waals surface area contributed by atoms with Crippen LogP contribution in [0.1, 0.15) is 49.5 Å². The first-order chi connectivity index (χ1) is 10.6. The summed E-state index contributed by atoms with van der Waals surface area (Å²) < 4.78 is 29.8. The molecule has 1 aliphatic heterocycles. The van der Waals surface area contributed by atoms with E-state index in [2.05, 4.69) is 0 Å². The molecule has 1 N–H and O–H groups in total. The van der Waals surface area contributed by atoms with Gasteiger partial charge in [0, 0.05) is 17.5 Å². The van der Waals surface area contributed by atoms with E-state index in [0.717, 1.165) is 6.07 Å². The zero-order valence-corrected chi connectivity index (χ0v) is 13.5. The number of hydrogen-bond acceptors (Lipinski definition) is 2. The molecule has 0 spiro atoms. The number of rotatable bonds is 2. The minimum absolute atomic E-state index is 0.0565. The van der Waals surface area contributed by atoms with Gasteiger partial charge in [-0.15, -0.1) is 0 Å². The molecule has 1 fully saturated rings. The van der Waals surface area contributed by atoms with Crippen LogP contribution in [0.4, 0.5) is 8.78 Å². The average molecular weight is 325 g/mol. The van der Waals surface area contributed by atoms with Crippen molar-refractivity contribution in [3.05, 3.63) is 35.1 Å². The molecule has 0 aliphatic carbocycles. The van der Waals surface area contributed by atoms with Crippen LogP contribution in [0.15, 0.2) is 18.2 Å². The first-order valence-corrected chi connectivity index (χ1v) is 7.57. The van der Waals surface area contributed by atoms with Gasteiger partial charge in [-0.1, -0.05) is 32.9 Å². The van der Waals surface area contributed by atoms with Gasteiger partial charge in [0.1, 0.15) is 5.82 Å². The zero-order valence-electron chi connectivity index (χ0n) is 13.5. The number of alkyl halides is 1. The van der Waals surface area contributed by atoms with Crippen LogP contribution in [0.25, 0.3) is 0 Å². The molecular weight excluding hydrogens is 304 g/mol. The fourth-order valence-electron chi connectivity index (χ4n) is 2.92. The van der Waals surface area contributed by atoms with E-state index in [-0.39, 0.29) is 24.4 Å². The van der Waals surface area contributed by atoms with Gasteiger partial charge in [0.05, 0.1) is 12.1 Å². The van der Waals surface area contributed by atoms with E-state index >= 15 is 4.39 Å². The Balaban J connectivity index is 2.37. The fraction of sp³-hybridized carbons (Fsp3) is 0.529. The van der Waals surface area contributed by atoms with Crippen molar-refractivity contribution in [2.24, 2.45) is 5.41 Å². The number of piperidine rings is 1.